The molecule has 2 aliphatic rings. The summed E-state index contributed by atoms with van der Waals surface area (Å²) < 4.78 is 5.89. The van der Waals surface area contributed by atoms with Gasteiger partial charge in [0.25, 0.3) is 0 Å². The second-order valence-electron chi connectivity index (χ2n) is 5.82. The van der Waals surface area contributed by atoms with E-state index in [1.807, 2.05) is 12.3 Å². The number of nitrogens with one attached hydrogen (secondary N) is 1. The normalized spacial score (nSPS) is 26.4. The second-order valence-corrected chi connectivity index (χ2v) is 5.82. The lowest BCUT2D eigenvalue weighted by Gasteiger charge is -2.37. The molecule has 1 aliphatic carbocycles. The maximum absolute atomic E-state index is 5.89. The average molecular weight is 275 g/mol. The van der Waals surface area contributed by atoms with Gasteiger partial charge in [0, 0.05) is 37.4 Å². The van der Waals surface area contributed by atoms with Gasteiger partial charge in [-0.2, -0.15) is 0 Å². The van der Waals surface area contributed by atoms with Gasteiger partial charge in [-0.3, -0.25) is 4.90 Å². The quantitative estimate of drug-likeness (QED) is 0.896. The number of ether oxygens (including phenoxy) is 1. The molecule has 0 aromatic carbocycles. The Morgan fingerprint density at radius 3 is 3.30 bits per heavy atom. The van der Waals surface area contributed by atoms with Crippen LogP contribution in [0.25, 0.3) is 0 Å². The van der Waals surface area contributed by atoms with Crippen LogP contribution in [-0.2, 0) is 11.3 Å². The number of hydrogen-bond acceptors (Lipinski definition) is 4. The molecule has 2 unspecified atom stereocenters. The summed E-state index contributed by atoms with van der Waals surface area (Å²) >= 11 is 0. The molecule has 1 N–H and O–H groups in total. The molecule has 0 bridgehead atoms. The maximum atomic E-state index is 5.89. The van der Waals surface area contributed by atoms with E-state index >= 15 is 0 Å². The zero-order chi connectivity index (χ0) is 13.8. The minimum atomic E-state index is 0.465. The van der Waals surface area contributed by atoms with E-state index in [9.17, 15) is 0 Å². The van der Waals surface area contributed by atoms with Gasteiger partial charge in [0.05, 0.1) is 12.7 Å². The topological polar surface area (TPSA) is 37.4 Å². The fraction of sp³-hybridized carbons (Fsp3) is 0.688. The van der Waals surface area contributed by atoms with E-state index in [1.165, 1.54) is 24.8 Å². The van der Waals surface area contributed by atoms with Gasteiger partial charge in [-0.15, -0.1) is 0 Å². The lowest BCUT2D eigenvalue weighted by Crippen LogP contribution is -2.47. The van der Waals surface area contributed by atoms with Gasteiger partial charge in [-0.1, -0.05) is 13.0 Å². The van der Waals surface area contributed by atoms with E-state index in [2.05, 4.69) is 28.2 Å². The summed E-state index contributed by atoms with van der Waals surface area (Å²) in [7, 11) is 0. The van der Waals surface area contributed by atoms with E-state index in [1.54, 1.807) is 0 Å². The summed E-state index contributed by atoms with van der Waals surface area (Å²) in [4.78, 5) is 7.09. The summed E-state index contributed by atoms with van der Waals surface area (Å²) in [6.07, 6.45) is 7.28. The number of anilines is 1. The number of rotatable bonds is 5. The molecule has 0 radical (unpaired) electrons. The van der Waals surface area contributed by atoms with Crippen LogP contribution in [0, 0.1) is 0 Å². The molecule has 1 aromatic heterocycles. The Bertz CT molecular complexity index is 437. The van der Waals surface area contributed by atoms with Crippen LogP contribution in [0.3, 0.4) is 0 Å². The third kappa shape index (κ3) is 2.96. The molecule has 3 rings (SSSR count). The smallest absolute Gasteiger partial charge is 0.130 e. The molecule has 20 heavy (non-hydrogen) atoms. The maximum Gasteiger partial charge on any atom is 0.130 e. The Hall–Kier alpha value is -1.13. The lowest BCUT2D eigenvalue weighted by atomic mass is 10.1. The monoisotopic (exact) mass is 275 g/mol. The van der Waals surface area contributed by atoms with Crippen LogP contribution in [0.4, 0.5) is 5.82 Å². The number of aromatic nitrogens is 1. The number of hydrogen-bond donors (Lipinski definition) is 1. The molecule has 0 spiro atoms. The fourth-order valence-corrected chi connectivity index (χ4v) is 3.39. The Morgan fingerprint density at radius 2 is 2.40 bits per heavy atom. The van der Waals surface area contributed by atoms with Crippen molar-refractivity contribution in [3.63, 3.8) is 0 Å². The Labute approximate surface area is 121 Å². The van der Waals surface area contributed by atoms with E-state index in [4.69, 9.17) is 4.74 Å². The molecule has 110 valence electrons. The van der Waals surface area contributed by atoms with Crippen molar-refractivity contribution in [1.29, 1.82) is 0 Å². The van der Waals surface area contributed by atoms with Gasteiger partial charge in [0.15, 0.2) is 0 Å². The van der Waals surface area contributed by atoms with Crippen molar-refractivity contribution in [3.05, 3.63) is 23.9 Å². The zero-order valence-electron chi connectivity index (χ0n) is 12.3. The highest BCUT2D eigenvalue weighted by Gasteiger charge is 2.36. The molecule has 2 atom stereocenters. The van der Waals surface area contributed by atoms with E-state index in [0.29, 0.717) is 12.1 Å². The van der Waals surface area contributed by atoms with Crippen molar-refractivity contribution < 1.29 is 4.74 Å². The van der Waals surface area contributed by atoms with Crippen molar-refractivity contribution in [2.75, 3.05) is 25.0 Å². The summed E-state index contributed by atoms with van der Waals surface area (Å²) in [5, 5.41) is 3.44. The largest absolute Gasteiger partial charge is 0.375 e. The Kier molecular flexibility index (Phi) is 4.53. The molecular formula is C16H25N3O. The first-order chi connectivity index (χ1) is 9.88. The van der Waals surface area contributed by atoms with Crippen LogP contribution in [0.5, 0.6) is 0 Å². The number of fused-ring (bicyclic) bond motifs is 1. The highest BCUT2D eigenvalue weighted by molar-refractivity contribution is 5.43. The van der Waals surface area contributed by atoms with Gasteiger partial charge in [-0.05, 0) is 31.7 Å². The van der Waals surface area contributed by atoms with Crippen molar-refractivity contribution in [2.24, 2.45) is 0 Å². The molecule has 1 saturated carbocycles. The van der Waals surface area contributed by atoms with Crippen LogP contribution in [0.15, 0.2) is 18.3 Å². The van der Waals surface area contributed by atoms with Gasteiger partial charge < -0.3 is 10.1 Å². The van der Waals surface area contributed by atoms with E-state index < -0.39 is 0 Å². The highest BCUT2D eigenvalue weighted by Crippen LogP contribution is 2.31. The van der Waals surface area contributed by atoms with Gasteiger partial charge in [0.2, 0.25) is 0 Å². The van der Waals surface area contributed by atoms with Crippen LogP contribution >= 0.6 is 0 Å². The zero-order valence-corrected chi connectivity index (χ0v) is 12.3. The fourth-order valence-electron chi connectivity index (χ4n) is 3.39. The molecule has 0 amide bonds. The van der Waals surface area contributed by atoms with Crippen LogP contribution in [0.1, 0.15) is 38.2 Å². The molecule has 1 saturated heterocycles. The first kappa shape index (κ1) is 13.8. The van der Waals surface area contributed by atoms with E-state index in [-0.39, 0.29) is 0 Å². The molecule has 2 heterocycles. The van der Waals surface area contributed by atoms with Crippen molar-refractivity contribution in [1.82, 2.24) is 9.88 Å². The van der Waals surface area contributed by atoms with Crippen LogP contribution in [-0.4, -0.2) is 41.7 Å². The average Bonchev–Trinajstić information content (AvgIpc) is 2.96. The third-order valence-electron chi connectivity index (χ3n) is 4.40. The van der Waals surface area contributed by atoms with Crippen molar-refractivity contribution in [2.45, 2.75) is 51.3 Å². The Balaban J connectivity index is 1.70. The minimum absolute atomic E-state index is 0.465. The summed E-state index contributed by atoms with van der Waals surface area (Å²) in [6.45, 7) is 6.08. The first-order valence-electron chi connectivity index (χ1n) is 7.92. The van der Waals surface area contributed by atoms with Crippen LogP contribution in [0.2, 0.25) is 0 Å². The molecule has 2 fully saturated rings. The molecule has 4 nitrogen and oxygen atoms in total. The lowest BCUT2D eigenvalue weighted by molar-refractivity contribution is -0.0587. The number of morpholine rings is 1. The van der Waals surface area contributed by atoms with Crippen molar-refractivity contribution >= 4 is 5.82 Å². The molecule has 1 aromatic rings. The SMILES string of the molecule is CCCNc1ncccc1CN1CCOC2CCCC21. The summed E-state index contributed by atoms with van der Waals surface area (Å²) in [5.74, 6) is 1.05. The van der Waals surface area contributed by atoms with Crippen LogP contribution < -0.4 is 5.32 Å². The summed E-state index contributed by atoms with van der Waals surface area (Å²) in [6, 6.07) is 4.85. The predicted octanol–water partition coefficient (Wildman–Crippen LogP) is 2.66. The van der Waals surface area contributed by atoms with Crippen molar-refractivity contribution in [3.8, 4) is 0 Å². The summed E-state index contributed by atoms with van der Waals surface area (Å²) in [5.41, 5.74) is 1.31. The highest BCUT2D eigenvalue weighted by atomic mass is 16.5. The van der Waals surface area contributed by atoms with E-state index in [0.717, 1.165) is 38.5 Å². The molecule has 4 heteroatoms. The standard InChI is InChI=1S/C16H25N3O/c1-2-8-17-16-13(5-4-9-18-16)12-19-10-11-20-15-7-3-6-14(15)19/h4-5,9,14-15H,2-3,6-8,10-12H2,1H3,(H,17,18). The molecular weight excluding hydrogens is 250 g/mol. The number of nitrogens with zero attached hydrogens (tertiary/aromatic N) is 2. The van der Waals surface area contributed by atoms with Gasteiger partial charge in [0.1, 0.15) is 5.82 Å². The predicted molar refractivity (Wildman–Crippen MR) is 80.8 cm³/mol. The minimum Gasteiger partial charge on any atom is -0.375 e. The number of pyridine rings is 1. The molecule has 1 aliphatic heterocycles. The second kappa shape index (κ2) is 6.55. The van der Waals surface area contributed by atoms with Gasteiger partial charge in [-0.25, -0.2) is 4.98 Å². The Morgan fingerprint density at radius 1 is 1.45 bits per heavy atom. The third-order valence-corrected chi connectivity index (χ3v) is 4.40. The van der Waals surface area contributed by atoms with Gasteiger partial charge >= 0.3 is 0 Å². The first-order valence-corrected chi connectivity index (χ1v) is 7.92.